The van der Waals surface area contributed by atoms with Crippen LogP contribution in [0.15, 0.2) is 42.6 Å². The highest BCUT2D eigenvalue weighted by Crippen LogP contribution is 2.25. The van der Waals surface area contributed by atoms with Crippen molar-refractivity contribution in [3.63, 3.8) is 0 Å². The van der Waals surface area contributed by atoms with Crippen LogP contribution in [0.1, 0.15) is 19.4 Å². The number of hydrogen-bond acceptors (Lipinski definition) is 2. The maximum absolute atomic E-state index is 6.13. The minimum Gasteiger partial charge on any atom is -0.381 e. The summed E-state index contributed by atoms with van der Waals surface area (Å²) in [6.07, 6.45) is 1.79. The first-order chi connectivity index (χ1) is 10.2. The average Bonchev–Trinajstić information content (AvgIpc) is 2.96. The van der Waals surface area contributed by atoms with Crippen molar-refractivity contribution >= 4 is 39.8 Å². The number of H-pyrrole nitrogens is 1. The quantitative estimate of drug-likeness (QED) is 0.667. The Bertz CT molecular complexity index is 702. The first kappa shape index (κ1) is 15.7. The number of aromatic amines is 1. The van der Waals surface area contributed by atoms with E-state index in [-0.39, 0.29) is 0 Å². The molecule has 0 spiro atoms. The van der Waals surface area contributed by atoms with Gasteiger partial charge in [0.15, 0.2) is 0 Å². The van der Waals surface area contributed by atoms with Crippen LogP contribution >= 0.6 is 23.2 Å². The zero-order valence-corrected chi connectivity index (χ0v) is 13.5. The maximum atomic E-state index is 6.13. The van der Waals surface area contributed by atoms with E-state index in [1.165, 1.54) is 0 Å². The summed E-state index contributed by atoms with van der Waals surface area (Å²) in [5.74, 6) is 0. The van der Waals surface area contributed by atoms with Gasteiger partial charge in [0.1, 0.15) is 0 Å². The lowest BCUT2D eigenvalue weighted by Gasteiger charge is -2.09. The second-order valence-electron chi connectivity index (χ2n) is 4.23. The summed E-state index contributed by atoms with van der Waals surface area (Å²) >= 11 is 12.3. The molecular formula is C16H17Cl2N3. The van der Waals surface area contributed by atoms with Crippen molar-refractivity contribution in [3.8, 4) is 0 Å². The molecule has 110 valence electrons. The molecule has 1 aromatic heterocycles. The zero-order valence-electron chi connectivity index (χ0n) is 12.0. The highest BCUT2D eigenvalue weighted by atomic mass is 35.5. The molecule has 0 atom stereocenters. The Balaban J connectivity index is 0.000000774. The number of anilines is 1. The van der Waals surface area contributed by atoms with Crippen molar-refractivity contribution in [3.05, 3.63) is 58.2 Å². The molecule has 0 aliphatic carbocycles. The number of nitrogens with zero attached hydrogens (tertiary/aromatic N) is 1. The summed E-state index contributed by atoms with van der Waals surface area (Å²) in [5, 5.41) is 12.6. The summed E-state index contributed by atoms with van der Waals surface area (Å²) in [7, 11) is 0. The van der Waals surface area contributed by atoms with Crippen molar-refractivity contribution in [2.75, 3.05) is 5.32 Å². The van der Waals surface area contributed by atoms with Crippen LogP contribution in [0.2, 0.25) is 10.0 Å². The topological polar surface area (TPSA) is 40.7 Å². The summed E-state index contributed by atoms with van der Waals surface area (Å²) < 4.78 is 0. The number of halogens is 2. The van der Waals surface area contributed by atoms with Crippen LogP contribution in [0.5, 0.6) is 0 Å². The van der Waals surface area contributed by atoms with Gasteiger partial charge in [-0.3, -0.25) is 5.10 Å². The van der Waals surface area contributed by atoms with Gasteiger partial charge < -0.3 is 5.32 Å². The maximum Gasteiger partial charge on any atom is 0.0651 e. The SMILES string of the molecule is CC.Clc1cccc(Cl)c1CNc1ccc2[nH]ncc2c1. The van der Waals surface area contributed by atoms with Gasteiger partial charge >= 0.3 is 0 Å². The fourth-order valence-electron chi connectivity index (χ4n) is 1.94. The van der Waals surface area contributed by atoms with Gasteiger partial charge in [0.25, 0.3) is 0 Å². The highest BCUT2D eigenvalue weighted by Gasteiger charge is 2.05. The molecule has 3 aromatic rings. The van der Waals surface area contributed by atoms with Gasteiger partial charge in [-0.1, -0.05) is 43.1 Å². The third kappa shape index (κ3) is 3.69. The van der Waals surface area contributed by atoms with Crippen molar-refractivity contribution in [2.24, 2.45) is 0 Å². The Hall–Kier alpha value is -1.71. The van der Waals surface area contributed by atoms with Crippen molar-refractivity contribution in [2.45, 2.75) is 20.4 Å². The fourth-order valence-corrected chi connectivity index (χ4v) is 2.48. The molecule has 0 aliphatic rings. The summed E-state index contributed by atoms with van der Waals surface area (Å²) in [4.78, 5) is 0. The van der Waals surface area contributed by atoms with E-state index in [0.29, 0.717) is 16.6 Å². The van der Waals surface area contributed by atoms with Crippen LogP contribution in [0.25, 0.3) is 10.9 Å². The van der Waals surface area contributed by atoms with Crippen LogP contribution in [-0.4, -0.2) is 10.2 Å². The number of fused-ring (bicyclic) bond motifs is 1. The van der Waals surface area contributed by atoms with Gasteiger partial charge in [-0.15, -0.1) is 0 Å². The molecule has 21 heavy (non-hydrogen) atoms. The van der Waals surface area contributed by atoms with Gasteiger partial charge in [0, 0.05) is 33.2 Å². The normalized spacial score (nSPS) is 10.1. The molecule has 5 heteroatoms. The van der Waals surface area contributed by atoms with E-state index in [2.05, 4.69) is 15.5 Å². The first-order valence-corrected chi connectivity index (χ1v) is 7.59. The van der Waals surface area contributed by atoms with E-state index < -0.39 is 0 Å². The molecule has 2 N–H and O–H groups in total. The molecule has 3 nitrogen and oxygen atoms in total. The van der Waals surface area contributed by atoms with E-state index in [4.69, 9.17) is 23.2 Å². The number of rotatable bonds is 3. The van der Waals surface area contributed by atoms with Gasteiger partial charge in [0.05, 0.1) is 11.7 Å². The van der Waals surface area contributed by atoms with Crippen LogP contribution in [0.4, 0.5) is 5.69 Å². The van der Waals surface area contributed by atoms with Gasteiger partial charge in [-0.05, 0) is 30.3 Å². The zero-order chi connectivity index (χ0) is 15.2. The Morgan fingerprint density at radius 1 is 1.10 bits per heavy atom. The Labute approximate surface area is 134 Å². The second-order valence-corrected chi connectivity index (χ2v) is 5.04. The number of benzene rings is 2. The van der Waals surface area contributed by atoms with Crippen LogP contribution in [0.3, 0.4) is 0 Å². The van der Waals surface area contributed by atoms with E-state index in [1.807, 2.05) is 50.2 Å². The Morgan fingerprint density at radius 3 is 2.52 bits per heavy atom. The predicted octanol–water partition coefficient (Wildman–Crippen LogP) is 5.51. The Morgan fingerprint density at radius 2 is 1.81 bits per heavy atom. The second kappa shape index (κ2) is 7.34. The third-order valence-corrected chi connectivity index (χ3v) is 3.68. The fraction of sp³-hybridized carbons (Fsp3) is 0.188. The molecule has 0 saturated carbocycles. The summed E-state index contributed by atoms with van der Waals surface area (Å²) in [6.45, 7) is 4.59. The van der Waals surface area contributed by atoms with Crippen molar-refractivity contribution < 1.29 is 0 Å². The molecule has 3 rings (SSSR count). The smallest absolute Gasteiger partial charge is 0.0651 e. The molecule has 0 amide bonds. The molecule has 2 aromatic carbocycles. The average molecular weight is 322 g/mol. The molecule has 0 aliphatic heterocycles. The van der Waals surface area contributed by atoms with E-state index in [9.17, 15) is 0 Å². The molecule has 0 unspecified atom stereocenters. The summed E-state index contributed by atoms with van der Waals surface area (Å²) in [6, 6.07) is 11.5. The predicted molar refractivity (Wildman–Crippen MR) is 91.2 cm³/mol. The van der Waals surface area contributed by atoms with Gasteiger partial charge in [0.2, 0.25) is 0 Å². The number of aromatic nitrogens is 2. The molecular weight excluding hydrogens is 305 g/mol. The lowest BCUT2D eigenvalue weighted by Crippen LogP contribution is -2.00. The van der Waals surface area contributed by atoms with Crippen LogP contribution < -0.4 is 5.32 Å². The van der Waals surface area contributed by atoms with E-state index >= 15 is 0 Å². The van der Waals surface area contributed by atoms with Gasteiger partial charge in [-0.25, -0.2) is 0 Å². The standard InChI is InChI=1S/C14H11Cl2N3.C2H6/c15-12-2-1-3-13(16)11(12)8-17-10-4-5-14-9(6-10)7-18-19-14;1-2/h1-7,17H,8H2,(H,18,19);1-2H3. The van der Waals surface area contributed by atoms with Gasteiger partial charge in [-0.2, -0.15) is 5.10 Å². The number of nitrogens with one attached hydrogen (secondary N) is 2. The van der Waals surface area contributed by atoms with E-state index in [0.717, 1.165) is 22.2 Å². The molecule has 1 heterocycles. The molecule has 0 fully saturated rings. The largest absolute Gasteiger partial charge is 0.381 e. The minimum atomic E-state index is 0.585. The van der Waals surface area contributed by atoms with Crippen molar-refractivity contribution in [1.82, 2.24) is 10.2 Å². The first-order valence-electron chi connectivity index (χ1n) is 6.84. The lowest BCUT2D eigenvalue weighted by atomic mass is 10.2. The number of hydrogen-bond donors (Lipinski definition) is 2. The van der Waals surface area contributed by atoms with Crippen molar-refractivity contribution in [1.29, 1.82) is 0 Å². The lowest BCUT2D eigenvalue weighted by molar-refractivity contribution is 1.12. The Kier molecular flexibility index (Phi) is 5.48. The molecule has 0 saturated heterocycles. The molecule has 0 radical (unpaired) electrons. The summed E-state index contributed by atoms with van der Waals surface area (Å²) in [5.41, 5.74) is 2.92. The minimum absolute atomic E-state index is 0.585. The van der Waals surface area contributed by atoms with Crippen LogP contribution in [0, 0.1) is 0 Å². The van der Waals surface area contributed by atoms with E-state index in [1.54, 1.807) is 6.20 Å². The molecule has 0 bridgehead atoms. The highest BCUT2D eigenvalue weighted by molar-refractivity contribution is 6.36. The third-order valence-electron chi connectivity index (χ3n) is 2.97. The van der Waals surface area contributed by atoms with Crippen LogP contribution in [-0.2, 0) is 6.54 Å². The monoisotopic (exact) mass is 321 g/mol.